The molecule has 0 aliphatic rings. The lowest BCUT2D eigenvalue weighted by Crippen LogP contribution is -2.00. The lowest BCUT2D eigenvalue weighted by atomic mass is 10.2. The quantitative estimate of drug-likeness (QED) is 0.610. The highest BCUT2D eigenvalue weighted by molar-refractivity contribution is 4.50. The summed E-state index contributed by atoms with van der Waals surface area (Å²) in [5, 5.41) is 16.7. The van der Waals surface area contributed by atoms with Crippen LogP contribution in [0.3, 0.4) is 0 Å². The zero-order chi connectivity index (χ0) is 8.69. The van der Waals surface area contributed by atoms with Gasteiger partial charge in [0.1, 0.15) is 0 Å². The van der Waals surface area contributed by atoms with E-state index in [0.29, 0.717) is 18.9 Å². The van der Waals surface area contributed by atoms with Crippen LogP contribution < -0.4 is 0 Å². The van der Waals surface area contributed by atoms with Gasteiger partial charge in [-0.15, -0.1) is 0 Å². The summed E-state index contributed by atoms with van der Waals surface area (Å²) in [6.45, 7) is 7.41. The van der Waals surface area contributed by atoms with Crippen molar-refractivity contribution in [2.75, 3.05) is 13.1 Å². The molecule has 11 heavy (non-hydrogen) atoms. The van der Waals surface area contributed by atoms with Crippen molar-refractivity contribution >= 4 is 0 Å². The van der Waals surface area contributed by atoms with Crippen LogP contribution in [0.15, 0.2) is 10.2 Å². The Morgan fingerprint density at radius 2 is 1.82 bits per heavy atom. The maximum Gasteiger partial charge on any atom is 0.0623 e. The molecule has 3 heteroatoms. The molecule has 0 aromatic heterocycles. The maximum atomic E-state index is 8.86. The van der Waals surface area contributed by atoms with Crippen molar-refractivity contribution in [3.05, 3.63) is 0 Å². The molecule has 1 N–H and O–H groups in total. The maximum absolute atomic E-state index is 8.86. The first-order valence-electron chi connectivity index (χ1n) is 4.14. The van der Waals surface area contributed by atoms with Crippen LogP contribution in [0.2, 0.25) is 0 Å². The Balaban J connectivity index is 3.17. The summed E-state index contributed by atoms with van der Waals surface area (Å²) in [5.41, 5.74) is 0. The predicted molar refractivity (Wildman–Crippen MR) is 45.7 cm³/mol. The van der Waals surface area contributed by atoms with E-state index >= 15 is 0 Å². The van der Waals surface area contributed by atoms with Gasteiger partial charge in [-0.3, -0.25) is 0 Å². The Hall–Kier alpha value is -0.440. The minimum Gasteiger partial charge on any atom is -0.393 e. The normalized spacial score (nSPS) is 14.6. The highest BCUT2D eigenvalue weighted by atomic mass is 16.3. The monoisotopic (exact) mass is 158 g/mol. The average molecular weight is 158 g/mol. The zero-order valence-electron chi connectivity index (χ0n) is 7.62. The van der Waals surface area contributed by atoms with Crippen molar-refractivity contribution in [2.45, 2.75) is 33.3 Å². The molecule has 1 unspecified atom stereocenters. The Labute approximate surface area is 68.5 Å². The molecule has 0 bridgehead atoms. The number of hydrogen-bond acceptors (Lipinski definition) is 3. The Bertz CT molecular complexity index is 111. The van der Waals surface area contributed by atoms with Gasteiger partial charge in [0.2, 0.25) is 0 Å². The summed E-state index contributed by atoms with van der Waals surface area (Å²) in [7, 11) is 0. The summed E-state index contributed by atoms with van der Waals surface area (Å²) >= 11 is 0. The Morgan fingerprint density at radius 1 is 1.18 bits per heavy atom. The van der Waals surface area contributed by atoms with Crippen LogP contribution in [-0.4, -0.2) is 24.3 Å². The molecule has 0 saturated heterocycles. The van der Waals surface area contributed by atoms with Crippen molar-refractivity contribution in [2.24, 2.45) is 16.1 Å². The van der Waals surface area contributed by atoms with Crippen LogP contribution in [0, 0.1) is 5.92 Å². The van der Waals surface area contributed by atoms with E-state index in [0.717, 1.165) is 6.54 Å². The van der Waals surface area contributed by atoms with Gasteiger partial charge >= 0.3 is 0 Å². The third kappa shape index (κ3) is 9.56. The number of hydrogen-bond donors (Lipinski definition) is 1. The second-order valence-electron chi connectivity index (χ2n) is 3.22. The van der Waals surface area contributed by atoms with Gasteiger partial charge in [0.15, 0.2) is 0 Å². The summed E-state index contributed by atoms with van der Waals surface area (Å²) in [5.74, 6) is 0.574. The fourth-order valence-electron chi connectivity index (χ4n) is 0.536. The first-order chi connectivity index (χ1) is 5.13. The van der Waals surface area contributed by atoms with Crippen LogP contribution >= 0.6 is 0 Å². The van der Waals surface area contributed by atoms with E-state index < -0.39 is 0 Å². The molecule has 0 radical (unpaired) electrons. The van der Waals surface area contributed by atoms with E-state index in [2.05, 4.69) is 24.1 Å². The zero-order valence-corrected chi connectivity index (χ0v) is 7.62. The van der Waals surface area contributed by atoms with Gasteiger partial charge in [-0.05, 0) is 19.3 Å². The third-order valence-corrected chi connectivity index (χ3v) is 1.19. The second kappa shape index (κ2) is 6.28. The molecule has 0 aromatic rings. The first kappa shape index (κ1) is 10.6. The number of rotatable bonds is 5. The van der Waals surface area contributed by atoms with E-state index in [-0.39, 0.29) is 6.10 Å². The van der Waals surface area contributed by atoms with Gasteiger partial charge in [-0.25, -0.2) is 0 Å². The fraction of sp³-hybridized carbons (Fsp3) is 1.00. The third-order valence-electron chi connectivity index (χ3n) is 1.19. The standard InChI is InChI=1S/C8H18N2O/c1-7(2)6-10-9-5-4-8(3)11/h7-8,11H,4-6H2,1-3H3. The van der Waals surface area contributed by atoms with E-state index in [9.17, 15) is 0 Å². The highest BCUT2D eigenvalue weighted by Crippen LogP contribution is 1.94. The van der Waals surface area contributed by atoms with E-state index in [4.69, 9.17) is 5.11 Å². The minimum absolute atomic E-state index is 0.256. The minimum atomic E-state index is -0.256. The summed E-state index contributed by atoms with van der Waals surface area (Å²) < 4.78 is 0. The van der Waals surface area contributed by atoms with Crippen molar-refractivity contribution in [1.82, 2.24) is 0 Å². The van der Waals surface area contributed by atoms with E-state index in [1.807, 2.05) is 0 Å². The molecule has 3 nitrogen and oxygen atoms in total. The van der Waals surface area contributed by atoms with Crippen molar-refractivity contribution in [1.29, 1.82) is 0 Å². The lowest BCUT2D eigenvalue weighted by molar-refractivity contribution is 0.187. The van der Waals surface area contributed by atoms with Crippen molar-refractivity contribution in [3.63, 3.8) is 0 Å². The molecule has 0 spiro atoms. The molecular formula is C8H18N2O. The van der Waals surface area contributed by atoms with Gasteiger partial charge in [0, 0.05) is 0 Å². The molecular weight excluding hydrogens is 140 g/mol. The number of azo groups is 1. The topological polar surface area (TPSA) is 45.0 Å². The van der Waals surface area contributed by atoms with Gasteiger partial charge in [0.25, 0.3) is 0 Å². The predicted octanol–water partition coefficient (Wildman–Crippen LogP) is 1.87. The summed E-state index contributed by atoms with van der Waals surface area (Å²) in [4.78, 5) is 0. The molecule has 0 rings (SSSR count). The van der Waals surface area contributed by atoms with Gasteiger partial charge in [-0.1, -0.05) is 13.8 Å². The van der Waals surface area contributed by atoms with Gasteiger partial charge in [-0.2, -0.15) is 10.2 Å². The van der Waals surface area contributed by atoms with E-state index in [1.165, 1.54) is 0 Å². The molecule has 0 aliphatic carbocycles. The Morgan fingerprint density at radius 3 is 2.27 bits per heavy atom. The molecule has 66 valence electrons. The highest BCUT2D eigenvalue weighted by Gasteiger charge is 1.92. The second-order valence-corrected chi connectivity index (χ2v) is 3.22. The lowest BCUT2D eigenvalue weighted by Gasteiger charge is -1.98. The molecule has 0 amide bonds. The SMILES string of the molecule is CC(C)CN=NCCC(C)O. The van der Waals surface area contributed by atoms with Crippen LogP contribution in [-0.2, 0) is 0 Å². The number of aliphatic hydroxyl groups is 1. The van der Waals surface area contributed by atoms with Crippen LogP contribution in [0.25, 0.3) is 0 Å². The molecule has 0 aliphatic heterocycles. The fourth-order valence-corrected chi connectivity index (χ4v) is 0.536. The van der Waals surface area contributed by atoms with Gasteiger partial charge < -0.3 is 5.11 Å². The molecule has 0 heterocycles. The van der Waals surface area contributed by atoms with Crippen LogP contribution in [0.5, 0.6) is 0 Å². The molecule has 0 saturated carbocycles. The summed E-state index contributed by atoms with van der Waals surface area (Å²) in [6, 6.07) is 0. The first-order valence-corrected chi connectivity index (χ1v) is 4.14. The molecule has 0 aromatic carbocycles. The van der Waals surface area contributed by atoms with Crippen LogP contribution in [0.4, 0.5) is 0 Å². The number of aliphatic hydroxyl groups excluding tert-OH is 1. The van der Waals surface area contributed by atoms with Gasteiger partial charge in [0.05, 0.1) is 19.2 Å². The van der Waals surface area contributed by atoms with E-state index in [1.54, 1.807) is 6.92 Å². The molecule has 0 fully saturated rings. The van der Waals surface area contributed by atoms with Crippen molar-refractivity contribution < 1.29 is 5.11 Å². The molecule has 1 atom stereocenters. The Kier molecular flexibility index (Phi) is 6.03. The average Bonchev–Trinajstić information content (AvgIpc) is 1.85. The van der Waals surface area contributed by atoms with Crippen molar-refractivity contribution in [3.8, 4) is 0 Å². The largest absolute Gasteiger partial charge is 0.393 e. The number of nitrogens with zero attached hydrogens (tertiary/aromatic N) is 2. The smallest absolute Gasteiger partial charge is 0.0623 e. The van der Waals surface area contributed by atoms with Crippen LogP contribution in [0.1, 0.15) is 27.2 Å². The summed E-state index contributed by atoms with van der Waals surface area (Å²) in [6.07, 6.45) is 0.453.